The second-order valence-electron chi connectivity index (χ2n) is 3.96. The molecule has 0 aromatic carbocycles. The fraction of sp³-hybridized carbons (Fsp3) is 0.444. The third kappa shape index (κ3) is 3.30. The summed E-state index contributed by atoms with van der Waals surface area (Å²) in [7, 11) is 0. The van der Waals surface area contributed by atoms with Crippen LogP contribution in [0.5, 0.6) is 0 Å². The number of halogens is 1. The molecule has 5 heteroatoms. The van der Waals surface area contributed by atoms with Gasteiger partial charge in [0.05, 0.1) is 11.2 Å². The van der Waals surface area contributed by atoms with Crippen LogP contribution in [0.2, 0.25) is 5.02 Å². The molecular weight excluding hydrogens is 202 g/mol. The third-order valence-corrected chi connectivity index (χ3v) is 1.55. The van der Waals surface area contributed by atoms with Crippen LogP contribution in [-0.4, -0.2) is 21.6 Å². The highest BCUT2D eigenvalue weighted by molar-refractivity contribution is 6.30. The van der Waals surface area contributed by atoms with Crippen molar-refractivity contribution >= 4 is 17.5 Å². The van der Waals surface area contributed by atoms with Crippen molar-refractivity contribution in [3.63, 3.8) is 0 Å². The second kappa shape index (κ2) is 3.92. The first-order valence-electron chi connectivity index (χ1n) is 4.19. The number of carbonyl (C=O) groups is 1. The Kier molecular flexibility index (Phi) is 3.06. The molecule has 0 aliphatic rings. The number of hydrogen-bond acceptors (Lipinski definition) is 3. The molecule has 0 fully saturated rings. The normalized spacial score (nSPS) is 11.1. The highest BCUT2D eigenvalue weighted by Gasteiger charge is 2.16. The van der Waals surface area contributed by atoms with Gasteiger partial charge in [0.1, 0.15) is 0 Å². The Balaban J connectivity index is 2.80. The van der Waals surface area contributed by atoms with Crippen molar-refractivity contribution in [1.29, 1.82) is 0 Å². The Bertz CT molecular complexity index is 346. The van der Waals surface area contributed by atoms with Crippen LogP contribution in [0.25, 0.3) is 0 Å². The lowest BCUT2D eigenvalue weighted by molar-refractivity contribution is 0.0913. The van der Waals surface area contributed by atoms with Crippen molar-refractivity contribution in [3.05, 3.63) is 23.0 Å². The quantitative estimate of drug-likeness (QED) is 0.772. The van der Waals surface area contributed by atoms with Gasteiger partial charge in [0.25, 0.3) is 5.91 Å². The summed E-state index contributed by atoms with van der Waals surface area (Å²) in [4.78, 5) is 11.5. The Morgan fingerprint density at radius 3 is 2.64 bits per heavy atom. The van der Waals surface area contributed by atoms with Gasteiger partial charge in [0, 0.05) is 5.54 Å². The van der Waals surface area contributed by atoms with E-state index in [4.69, 9.17) is 11.6 Å². The lowest BCUT2D eigenvalue weighted by Gasteiger charge is -2.19. The topological polar surface area (TPSA) is 54.9 Å². The maximum atomic E-state index is 11.5. The SMILES string of the molecule is CC(C)(C)NC(=O)c1cc(Cl)cnn1. The Labute approximate surface area is 87.7 Å². The number of aromatic nitrogens is 2. The minimum Gasteiger partial charge on any atom is -0.346 e. The van der Waals surface area contributed by atoms with Crippen molar-refractivity contribution in [3.8, 4) is 0 Å². The first-order valence-corrected chi connectivity index (χ1v) is 4.57. The Morgan fingerprint density at radius 2 is 2.14 bits per heavy atom. The molecule has 1 heterocycles. The molecule has 0 saturated carbocycles. The van der Waals surface area contributed by atoms with Crippen LogP contribution < -0.4 is 5.32 Å². The molecule has 0 atom stereocenters. The lowest BCUT2D eigenvalue weighted by Crippen LogP contribution is -2.41. The molecule has 0 aliphatic carbocycles. The largest absolute Gasteiger partial charge is 0.346 e. The number of carbonyl (C=O) groups excluding carboxylic acids is 1. The molecule has 4 nitrogen and oxygen atoms in total. The van der Waals surface area contributed by atoms with E-state index in [1.54, 1.807) is 0 Å². The van der Waals surface area contributed by atoms with Crippen LogP contribution in [0.4, 0.5) is 0 Å². The third-order valence-electron chi connectivity index (χ3n) is 1.34. The van der Waals surface area contributed by atoms with Crippen LogP contribution >= 0.6 is 11.6 Å². The average Bonchev–Trinajstić information content (AvgIpc) is 2.01. The molecule has 0 unspecified atom stereocenters. The number of hydrogen-bond donors (Lipinski definition) is 1. The molecule has 0 aliphatic heterocycles. The van der Waals surface area contributed by atoms with Crippen LogP contribution in [0.3, 0.4) is 0 Å². The molecule has 1 amide bonds. The molecule has 14 heavy (non-hydrogen) atoms. The van der Waals surface area contributed by atoms with Crippen molar-refractivity contribution in [2.24, 2.45) is 0 Å². The second-order valence-corrected chi connectivity index (χ2v) is 4.40. The maximum Gasteiger partial charge on any atom is 0.272 e. The molecule has 0 spiro atoms. The fourth-order valence-corrected chi connectivity index (χ4v) is 1.01. The van der Waals surface area contributed by atoms with Crippen LogP contribution in [0.15, 0.2) is 12.3 Å². The Morgan fingerprint density at radius 1 is 1.50 bits per heavy atom. The summed E-state index contributed by atoms with van der Waals surface area (Å²) in [5.74, 6) is -0.271. The highest BCUT2D eigenvalue weighted by atomic mass is 35.5. The van der Waals surface area contributed by atoms with Gasteiger partial charge < -0.3 is 5.32 Å². The van der Waals surface area contributed by atoms with Crippen molar-refractivity contribution in [2.75, 3.05) is 0 Å². The van der Waals surface area contributed by atoms with E-state index >= 15 is 0 Å². The molecule has 0 radical (unpaired) electrons. The minimum absolute atomic E-state index is 0.229. The van der Waals surface area contributed by atoms with Gasteiger partial charge in [-0.2, -0.15) is 5.10 Å². The minimum atomic E-state index is -0.291. The molecule has 1 aromatic rings. The zero-order valence-electron chi connectivity index (χ0n) is 8.34. The molecule has 1 aromatic heterocycles. The van der Waals surface area contributed by atoms with Gasteiger partial charge in [-0.15, -0.1) is 5.10 Å². The number of amides is 1. The van der Waals surface area contributed by atoms with Crippen molar-refractivity contribution in [2.45, 2.75) is 26.3 Å². The number of nitrogens with zero attached hydrogens (tertiary/aromatic N) is 2. The van der Waals surface area contributed by atoms with E-state index in [2.05, 4.69) is 15.5 Å². The van der Waals surface area contributed by atoms with Crippen molar-refractivity contribution < 1.29 is 4.79 Å². The fourth-order valence-electron chi connectivity index (χ4n) is 0.859. The molecule has 1 rings (SSSR count). The van der Waals surface area contributed by atoms with Gasteiger partial charge in [0.2, 0.25) is 0 Å². The van der Waals surface area contributed by atoms with Gasteiger partial charge in [-0.05, 0) is 26.8 Å². The first kappa shape index (κ1) is 10.9. The van der Waals surface area contributed by atoms with Gasteiger partial charge in [-0.1, -0.05) is 11.6 Å². The predicted molar refractivity (Wildman–Crippen MR) is 54.3 cm³/mol. The molecule has 0 bridgehead atoms. The highest BCUT2D eigenvalue weighted by Crippen LogP contribution is 2.07. The summed E-state index contributed by atoms with van der Waals surface area (Å²) >= 11 is 5.68. The van der Waals surface area contributed by atoms with Crippen LogP contribution in [0.1, 0.15) is 31.3 Å². The van der Waals surface area contributed by atoms with E-state index in [9.17, 15) is 4.79 Å². The summed E-state index contributed by atoms with van der Waals surface area (Å²) in [6.45, 7) is 5.68. The molecule has 1 N–H and O–H groups in total. The van der Waals surface area contributed by atoms with Gasteiger partial charge in [-0.3, -0.25) is 4.79 Å². The molecular formula is C9H12ClN3O. The average molecular weight is 214 g/mol. The van der Waals surface area contributed by atoms with Gasteiger partial charge in [0.15, 0.2) is 5.69 Å². The van der Waals surface area contributed by atoms with E-state index in [1.165, 1.54) is 12.3 Å². The van der Waals surface area contributed by atoms with E-state index in [1.807, 2.05) is 20.8 Å². The molecule has 0 saturated heterocycles. The van der Waals surface area contributed by atoms with E-state index < -0.39 is 0 Å². The summed E-state index contributed by atoms with van der Waals surface area (Å²) in [6, 6.07) is 1.48. The summed E-state index contributed by atoms with van der Waals surface area (Å²) in [5.41, 5.74) is -0.0615. The lowest BCUT2D eigenvalue weighted by atomic mass is 10.1. The first-order chi connectivity index (χ1) is 6.38. The Hall–Kier alpha value is -1.16. The smallest absolute Gasteiger partial charge is 0.272 e. The standard InChI is InChI=1S/C9H12ClN3O/c1-9(2,3)12-8(14)7-4-6(10)5-11-13-7/h4-5H,1-3H3,(H,12,14). The zero-order chi connectivity index (χ0) is 10.8. The zero-order valence-corrected chi connectivity index (χ0v) is 9.09. The monoisotopic (exact) mass is 213 g/mol. The van der Waals surface area contributed by atoms with Gasteiger partial charge >= 0.3 is 0 Å². The van der Waals surface area contributed by atoms with Crippen LogP contribution in [0, 0.1) is 0 Å². The number of nitrogens with one attached hydrogen (secondary N) is 1. The van der Waals surface area contributed by atoms with Gasteiger partial charge in [-0.25, -0.2) is 0 Å². The predicted octanol–water partition coefficient (Wildman–Crippen LogP) is 1.66. The van der Waals surface area contributed by atoms with E-state index in [0.717, 1.165) is 0 Å². The summed E-state index contributed by atoms with van der Waals surface area (Å²) < 4.78 is 0. The van der Waals surface area contributed by atoms with E-state index in [-0.39, 0.29) is 17.1 Å². The van der Waals surface area contributed by atoms with Crippen molar-refractivity contribution in [1.82, 2.24) is 15.5 Å². The van der Waals surface area contributed by atoms with E-state index in [0.29, 0.717) is 5.02 Å². The van der Waals surface area contributed by atoms with Crippen LogP contribution in [-0.2, 0) is 0 Å². The summed E-state index contributed by atoms with van der Waals surface area (Å²) in [5, 5.41) is 10.4. The maximum absolute atomic E-state index is 11.5. The number of rotatable bonds is 1. The summed E-state index contributed by atoms with van der Waals surface area (Å²) in [6.07, 6.45) is 1.38. The molecule has 76 valence electrons.